The first-order chi connectivity index (χ1) is 6.20. The zero-order valence-electron chi connectivity index (χ0n) is 7.21. The van der Waals surface area contributed by atoms with Gasteiger partial charge in [-0.3, -0.25) is 0 Å². The average Bonchev–Trinajstić information content (AvgIpc) is 2.19. The maximum atomic E-state index is 9.82. The van der Waals surface area contributed by atoms with Gasteiger partial charge in [-0.05, 0) is 5.56 Å². The van der Waals surface area contributed by atoms with Crippen molar-refractivity contribution in [1.29, 1.82) is 0 Å². The quantitative estimate of drug-likeness (QED) is 0.771. The van der Waals surface area contributed by atoms with Gasteiger partial charge in [-0.2, -0.15) is 0 Å². The molecule has 0 atom stereocenters. The molecule has 0 spiro atoms. The van der Waals surface area contributed by atoms with E-state index in [9.17, 15) is 5.11 Å². The zero-order chi connectivity index (χ0) is 9.73. The smallest absolute Gasteiger partial charge is 0.0957 e. The average molecular weight is 219 g/mol. The number of hydrogen-bond donors (Lipinski definition) is 1. The standard InChI is InChI=1S/C10H12Cl2O/c11-7-10(13,8-12)6-9-4-2-1-3-5-9/h1-5,13H,6-8H2. The Labute approximate surface area is 88.3 Å². The summed E-state index contributed by atoms with van der Waals surface area (Å²) in [6.45, 7) is 0. The van der Waals surface area contributed by atoms with Crippen LogP contribution in [0.15, 0.2) is 30.3 Å². The fourth-order valence-electron chi connectivity index (χ4n) is 1.11. The van der Waals surface area contributed by atoms with E-state index in [0.717, 1.165) is 5.56 Å². The highest BCUT2D eigenvalue weighted by Gasteiger charge is 2.24. The normalized spacial score (nSPS) is 11.6. The topological polar surface area (TPSA) is 20.2 Å². The second-order valence-electron chi connectivity index (χ2n) is 3.15. The number of rotatable bonds is 4. The van der Waals surface area contributed by atoms with Gasteiger partial charge in [-0.15, -0.1) is 23.2 Å². The van der Waals surface area contributed by atoms with Crippen molar-refractivity contribution in [2.24, 2.45) is 0 Å². The van der Waals surface area contributed by atoms with E-state index < -0.39 is 5.60 Å². The number of benzene rings is 1. The summed E-state index contributed by atoms with van der Waals surface area (Å²) in [5.74, 6) is 0.316. The third-order valence-electron chi connectivity index (χ3n) is 1.87. The first-order valence-electron chi connectivity index (χ1n) is 4.08. The molecule has 1 N–H and O–H groups in total. The summed E-state index contributed by atoms with van der Waals surface area (Å²) in [4.78, 5) is 0. The van der Waals surface area contributed by atoms with Gasteiger partial charge in [0.15, 0.2) is 0 Å². The zero-order valence-corrected chi connectivity index (χ0v) is 8.72. The summed E-state index contributed by atoms with van der Waals surface area (Å²) < 4.78 is 0. The summed E-state index contributed by atoms with van der Waals surface area (Å²) in [5.41, 5.74) is 0.0658. The molecule has 13 heavy (non-hydrogen) atoms. The Morgan fingerprint density at radius 2 is 1.62 bits per heavy atom. The molecule has 3 heteroatoms. The Kier molecular flexibility index (Phi) is 4.04. The number of hydrogen-bond acceptors (Lipinski definition) is 1. The summed E-state index contributed by atoms with van der Waals surface area (Å²) in [6, 6.07) is 9.69. The van der Waals surface area contributed by atoms with Gasteiger partial charge in [0.05, 0.1) is 17.4 Å². The van der Waals surface area contributed by atoms with Gasteiger partial charge in [0.2, 0.25) is 0 Å². The minimum absolute atomic E-state index is 0.158. The lowest BCUT2D eigenvalue weighted by atomic mass is 9.98. The van der Waals surface area contributed by atoms with Crippen LogP contribution in [0.3, 0.4) is 0 Å². The lowest BCUT2D eigenvalue weighted by Gasteiger charge is -2.22. The molecule has 0 aliphatic carbocycles. The second kappa shape index (κ2) is 4.85. The van der Waals surface area contributed by atoms with Gasteiger partial charge < -0.3 is 5.11 Å². The van der Waals surface area contributed by atoms with Crippen LogP contribution in [-0.2, 0) is 6.42 Å². The molecule has 1 nitrogen and oxygen atoms in total. The molecule has 0 saturated carbocycles. The van der Waals surface area contributed by atoms with Crippen molar-refractivity contribution < 1.29 is 5.11 Å². The summed E-state index contributed by atoms with van der Waals surface area (Å²) in [7, 11) is 0. The SMILES string of the molecule is OC(CCl)(CCl)Cc1ccccc1. The van der Waals surface area contributed by atoms with Crippen molar-refractivity contribution in [3.05, 3.63) is 35.9 Å². The van der Waals surface area contributed by atoms with Crippen molar-refractivity contribution >= 4 is 23.2 Å². The summed E-state index contributed by atoms with van der Waals surface area (Å²) in [5, 5.41) is 9.82. The Morgan fingerprint density at radius 3 is 2.08 bits per heavy atom. The lowest BCUT2D eigenvalue weighted by Crippen LogP contribution is -2.35. The molecule has 1 aromatic rings. The molecule has 0 fully saturated rings. The molecule has 0 unspecified atom stereocenters. The molecule has 1 aromatic carbocycles. The van der Waals surface area contributed by atoms with Crippen molar-refractivity contribution in [3.8, 4) is 0 Å². The lowest BCUT2D eigenvalue weighted by molar-refractivity contribution is 0.0883. The molecule has 0 aromatic heterocycles. The molecule has 0 aliphatic rings. The Bertz CT molecular complexity index is 244. The molecular weight excluding hydrogens is 207 g/mol. The predicted molar refractivity (Wildman–Crippen MR) is 56.5 cm³/mol. The highest BCUT2D eigenvalue weighted by molar-refractivity contribution is 6.21. The third-order valence-corrected chi connectivity index (χ3v) is 2.87. The minimum atomic E-state index is -0.982. The monoisotopic (exact) mass is 218 g/mol. The van der Waals surface area contributed by atoms with E-state index in [1.807, 2.05) is 30.3 Å². The van der Waals surface area contributed by atoms with Crippen LogP contribution < -0.4 is 0 Å². The van der Waals surface area contributed by atoms with Crippen LogP contribution in [-0.4, -0.2) is 22.5 Å². The second-order valence-corrected chi connectivity index (χ2v) is 3.69. The molecule has 0 bridgehead atoms. The Morgan fingerprint density at radius 1 is 1.08 bits per heavy atom. The van der Waals surface area contributed by atoms with Crippen LogP contribution in [0.4, 0.5) is 0 Å². The molecule has 0 saturated heterocycles. The fraction of sp³-hybridized carbons (Fsp3) is 0.400. The summed E-state index contributed by atoms with van der Waals surface area (Å²) >= 11 is 11.2. The van der Waals surface area contributed by atoms with Crippen LogP contribution >= 0.6 is 23.2 Å². The largest absolute Gasteiger partial charge is 0.387 e. The molecule has 0 aliphatic heterocycles. The van der Waals surface area contributed by atoms with E-state index in [0.29, 0.717) is 6.42 Å². The van der Waals surface area contributed by atoms with Gasteiger partial charge in [0.25, 0.3) is 0 Å². The minimum Gasteiger partial charge on any atom is -0.387 e. The van der Waals surface area contributed by atoms with E-state index in [1.165, 1.54) is 0 Å². The Hall–Kier alpha value is -0.240. The summed E-state index contributed by atoms with van der Waals surface area (Å²) in [6.07, 6.45) is 0.501. The molecular formula is C10H12Cl2O. The van der Waals surface area contributed by atoms with Crippen LogP contribution in [0.25, 0.3) is 0 Å². The number of aliphatic hydroxyl groups is 1. The third kappa shape index (κ3) is 3.18. The number of halogens is 2. The maximum Gasteiger partial charge on any atom is 0.0957 e. The van der Waals surface area contributed by atoms with Crippen LogP contribution in [0.1, 0.15) is 5.56 Å². The van der Waals surface area contributed by atoms with Gasteiger partial charge in [-0.25, -0.2) is 0 Å². The van der Waals surface area contributed by atoms with Crippen molar-refractivity contribution in [2.45, 2.75) is 12.0 Å². The first kappa shape index (κ1) is 10.8. The molecule has 0 radical (unpaired) electrons. The van der Waals surface area contributed by atoms with Crippen LogP contribution in [0, 0.1) is 0 Å². The van der Waals surface area contributed by atoms with Gasteiger partial charge >= 0.3 is 0 Å². The van der Waals surface area contributed by atoms with E-state index in [2.05, 4.69) is 0 Å². The molecule has 1 rings (SSSR count). The van der Waals surface area contributed by atoms with Crippen LogP contribution in [0.2, 0.25) is 0 Å². The predicted octanol–water partition coefficient (Wildman–Crippen LogP) is 2.44. The van der Waals surface area contributed by atoms with Crippen LogP contribution in [0.5, 0.6) is 0 Å². The van der Waals surface area contributed by atoms with Gasteiger partial charge in [-0.1, -0.05) is 30.3 Å². The maximum absolute atomic E-state index is 9.82. The molecule has 0 amide bonds. The van der Waals surface area contributed by atoms with Crippen molar-refractivity contribution in [3.63, 3.8) is 0 Å². The van der Waals surface area contributed by atoms with Crippen molar-refractivity contribution in [2.75, 3.05) is 11.8 Å². The van der Waals surface area contributed by atoms with E-state index in [-0.39, 0.29) is 11.8 Å². The highest BCUT2D eigenvalue weighted by atomic mass is 35.5. The van der Waals surface area contributed by atoms with Gasteiger partial charge in [0.1, 0.15) is 0 Å². The number of alkyl halides is 2. The first-order valence-corrected chi connectivity index (χ1v) is 5.15. The van der Waals surface area contributed by atoms with Gasteiger partial charge in [0, 0.05) is 6.42 Å². The van der Waals surface area contributed by atoms with E-state index in [1.54, 1.807) is 0 Å². The van der Waals surface area contributed by atoms with E-state index >= 15 is 0 Å². The van der Waals surface area contributed by atoms with Crippen molar-refractivity contribution in [1.82, 2.24) is 0 Å². The molecule has 72 valence electrons. The fourth-order valence-corrected chi connectivity index (χ4v) is 1.58. The Balaban J connectivity index is 2.68. The van der Waals surface area contributed by atoms with E-state index in [4.69, 9.17) is 23.2 Å². The molecule has 0 heterocycles. The highest BCUT2D eigenvalue weighted by Crippen LogP contribution is 2.16.